The highest BCUT2D eigenvalue weighted by Crippen LogP contribution is 2.21. The maximum atomic E-state index is 10.9. The number of H-pyrrole nitrogens is 1. The van der Waals surface area contributed by atoms with Crippen LogP contribution in [-0.2, 0) is 0 Å². The van der Waals surface area contributed by atoms with E-state index in [9.17, 15) is 4.79 Å². The van der Waals surface area contributed by atoms with E-state index in [1.54, 1.807) is 6.07 Å². The summed E-state index contributed by atoms with van der Waals surface area (Å²) in [5, 5.41) is 6.73. The number of nitrogens with zero attached hydrogens (tertiary/aromatic N) is 1. The van der Waals surface area contributed by atoms with Gasteiger partial charge in [-0.15, -0.1) is 0 Å². The molecule has 13 heavy (non-hydrogen) atoms. The molecule has 3 nitrogen and oxygen atoms in total. The number of nitrogens with one attached hydrogen (secondary N) is 1. The molecule has 1 aromatic carbocycles. The van der Waals surface area contributed by atoms with Crippen molar-refractivity contribution in [1.29, 1.82) is 0 Å². The number of hydrogen-bond acceptors (Lipinski definition) is 2. The minimum Gasteiger partial charge on any atom is -0.277 e. The van der Waals surface area contributed by atoms with E-state index in [1.807, 2.05) is 12.1 Å². The zero-order chi connectivity index (χ0) is 9.42. The number of carbonyl (C=O) groups excluding carboxylic acids is 1. The van der Waals surface area contributed by atoms with Crippen molar-refractivity contribution in [3.05, 3.63) is 28.4 Å². The van der Waals surface area contributed by atoms with Crippen LogP contribution in [0.3, 0.4) is 0 Å². The summed E-state index contributed by atoms with van der Waals surface area (Å²) in [5.74, 6) is 0. The lowest BCUT2D eigenvalue weighted by atomic mass is 10.2. The summed E-state index contributed by atoms with van der Waals surface area (Å²) in [5.41, 5.74) is 1.06. The highest BCUT2D eigenvalue weighted by atomic mass is 79.9. The van der Waals surface area contributed by atoms with Crippen LogP contribution in [0.5, 0.6) is 0 Å². The van der Waals surface area contributed by atoms with Gasteiger partial charge in [0.15, 0.2) is 5.69 Å². The van der Waals surface area contributed by atoms with Gasteiger partial charge in [-0.3, -0.25) is 9.89 Å². The van der Waals surface area contributed by atoms with E-state index < -0.39 is 5.24 Å². The Morgan fingerprint density at radius 2 is 2.31 bits per heavy atom. The predicted octanol–water partition coefficient (Wildman–Crippen LogP) is 2.70. The zero-order valence-electron chi connectivity index (χ0n) is 6.34. The Balaban J connectivity index is 2.76. The highest BCUT2D eigenvalue weighted by Gasteiger charge is 2.10. The summed E-state index contributed by atoms with van der Waals surface area (Å²) in [7, 11) is 0. The van der Waals surface area contributed by atoms with Crippen molar-refractivity contribution in [2.45, 2.75) is 0 Å². The van der Waals surface area contributed by atoms with E-state index in [-0.39, 0.29) is 5.69 Å². The number of aromatic nitrogens is 2. The molecular weight excluding hydrogens is 255 g/mol. The van der Waals surface area contributed by atoms with Crippen LogP contribution in [0.15, 0.2) is 22.7 Å². The number of fused-ring (bicyclic) bond motifs is 1. The first-order chi connectivity index (χ1) is 6.18. The monoisotopic (exact) mass is 258 g/mol. The molecule has 1 N–H and O–H groups in total. The van der Waals surface area contributed by atoms with E-state index >= 15 is 0 Å². The fourth-order valence-electron chi connectivity index (χ4n) is 1.14. The number of halogens is 2. The number of hydrogen-bond donors (Lipinski definition) is 1. The molecule has 66 valence electrons. The summed E-state index contributed by atoms with van der Waals surface area (Å²) in [6.07, 6.45) is 0. The molecule has 0 aliphatic carbocycles. The second kappa shape index (κ2) is 3.12. The minimum atomic E-state index is -0.548. The summed E-state index contributed by atoms with van der Waals surface area (Å²) in [6.45, 7) is 0. The van der Waals surface area contributed by atoms with Gasteiger partial charge in [-0.05, 0) is 29.8 Å². The van der Waals surface area contributed by atoms with Gasteiger partial charge in [-0.1, -0.05) is 15.9 Å². The summed E-state index contributed by atoms with van der Waals surface area (Å²) in [4.78, 5) is 10.9. The van der Waals surface area contributed by atoms with Crippen LogP contribution in [0.4, 0.5) is 0 Å². The van der Waals surface area contributed by atoms with Crippen molar-refractivity contribution >= 4 is 43.7 Å². The van der Waals surface area contributed by atoms with Crippen LogP contribution in [0, 0.1) is 0 Å². The summed E-state index contributed by atoms with van der Waals surface area (Å²) >= 11 is 8.64. The molecule has 0 saturated heterocycles. The fraction of sp³-hybridized carbons (Fsp3) is 0. The number of carbonyl (C=O) groups is 1. The molecule has 0 amide bonds. The zero-order valence-corrected chi connectivity index (χ0v) is 8.69. The van der Waals surface area contributed by atoms with Crippen LogP contribution in [-0.4, -0.2) is 15.4 Å². The van der Waals surface area contributed by atoms with Crippen LogP contribution in [0.2, 0.25) is 0 Å². The average Bonchev–Trinajstić information content (AvgIpc) is 2.46. The highest BCUT2D eigenvalue weighted by molar-refractivity contribution is 9.10. The van der Waals surface area contributed by atoms with E-state index in [0.29, 0.717) is 0 Å². The van der Waals surface area contributed by atoms with Gasteiger partial charge in [0.05, 0.1) is 5.52 Å². The van der Waals surface area contributed by atoms with E-state index in [4.69, 9.17) is 11.6 Å². The molecule has 0 atom stereocenters. The van der Waals surface area contributed by atoms with Gasteiger partial charge in [0.2, 0.25) is 0 Å². The van der Waals surface area contributed by atoms with Crippen molar-refractivity contribution in [1.82, 2.24) is 10.2 Å². The quantitative estimate of drug-likeness (QED) is 0.800. The number of aromatic amines is 1. The standard InChI is InChI=1S/C8H4BrClN2O/c9-4-1-2-5-6(3-4)11-12-7(5)8(10)13/h1-3H,(H,11,12). The van der Waals surface area contributed by atoms with Crippen LogP contribution >= 0.6 is 27.5 Å². The molecule has 0 saturated carbocycles. The van der Waals surface area contributed by atoms with Crippen LogP contribution in [0.25, 0.3) is 10.9 Å². The van der Waals surface area contributed by atoms with Gasteiger partial charge in [0.25, 0.3) is 5.24 Å². The third-order valence-corrected chi connectivity index (χ3v) is 2.38. The van der Waals surface area contributed by atoms with E-state index in [0.717, 1.165) is 15.4 Å². The fourth-order valence-corrected chi connectivity index (χ4v) is 1.65. The van der Waals surface area contributed by atoms with Crippen LogP contribution in [0.1, 0.15) is 10.5 Å². The molecular formula is C8H4BrClN2O. The molecule has 2 rings (SSSR count). The molecule has 1 aromatic heterocycles. The summed E-state index contributed by atoms with van der Waals surface area (Å²) < 4.78 is 0.928. The van der Waals surface area contributed by atoms with E-state index in [1.165, 1.54) is 0 Å². The van der Waals surface area contributed by atoms with Gasteiger partial charge in [0, 0.05) is 9.86 Å². The third-order valence-electron chi connectivity index (χ3n) is 1.71. The van der Waals surface area contributed by atoms with Gasteiger partial charge >= 0.3 is 0 Å². The smallest absolute Gasteiger partial charge is 0.273 e. The Morgan fingerprint density at radius 1 is 1.54 bits per heavy atom. The lowest BCUT2D eigenvalue weighted by Crippen LogP contribution is -1.88. The average molecular weight is 259 g/mol. The van der Waals surface area contributed by atoms with Gasteiger partial charge in [-0.25, -0.2) is 0 Å². The van der Waals surface area contributed by atoms with Crippen molar-refractivity contribution in [2.24, 2.45) is 0 Å². The maximum Gasteiger partial charge on any atom is 0.273 e. The van der Waals surface area contributed by atoms with Crippen LogP contribution < -0.4 is 0 Å². The molecule has 0 spiro atoms. The van der Waals surface area contributed by atoms with Crippen molar-refractivity contribution in [2.75, 3.05) is 0 Å². The Labute approximate surface area is 87.2 Å². The first-order valence-corrected chi connectivity index (χ1v) is 4.69. The van der Waals surface area contributed by atoms with Crippen molar-refractivity contribution in [3.8, 4) is 0 Å². The Hall–Kier alpha value is -0.870. The van der Waals surface area contributed by atoms with Crippen molar-refractivity contribution < 1.29 is 4.79 Å². The molecule has 0 aliphatic heterocycles. The largest absolute Gasteiger partial charge is 0.277 e. The Morgan fingerprint density at radius 3 is 3.00 bits per heavy atom. The predicted molar refractivity (Wildman–Crippen MR) is 54.0 cm³/mol. The van der Waals surface area contributed by atoms with Gasteiger partial charge in [0.1, 0.15) is 0 Å². The maximum absolute atomic E-state index is 10.9. The lowest BCUT2D eigenvalue weighted by Gasteiger charge is -1.90. The lowest BCUT2D eigenvalue weighted by molar-refractivity contribution is 0.107. The molecule has 2 aromatic rings. The minimum absolute atomic E-state index is 0.268. The second-order valence-corrected chi connectivity index (χ2v) is 3.79. The Bertz CT molecular complexity index is 480. The topological polar surface area (TPSA) is 45.8 Å². The molecule has 0 aliphatic rings. The molecule has 1 heterocycles. The molecule has 0 bridgehead atoms. The first kappa shape index (κ1) is 8.72. The van der Waals surface area contributed by atoms with Gasteiger partial charge < -0.3 is 0 Å². The molecule has 0 fully saturated rings. The van der Waals surface area contributed by atoms with Gasteiger partial charge in [-0.2, -0.15) is 5.10 Å². The molecule has 0 unspecified atom stereocenters. The molecule has 0 radical (unpaired) electrons. The van der Waals surface area contributed by atoms with Crippen molar-refractivity contribution in [3.63, 3.8) is 0 Å². The number of benzene rings is 1. The molecule has 5 heteroatoms. The first-order valence-electron chi connectivity index (χ1n) is 3.52. The SMILES string of the molecule is O=C(Cl)c1n[nH]c2cc(Br)ccc12. The van der Waals surface area contributed by atoms with E-state index in [2.05, 4.69) is 26.1 Å². The second-order valence-electron chi connectivity index (χ2n) is 2.54. The number of rotatable bonds is 1. The normalized spacial score (nSPS) is 10.6. The third kappa shape index (κ3) is 1.47. The summed E-state index contributed by atoms with van der Waals surface area (Å²) in [6, 6.07) is 5.46. The Kier molecular flexibility index (Phi) is 2.09.